The van der Waals surface area contributed by atoms with E-state index >= 15 is 0 Å². The second-order valence-electron chi connectivity index (χ2n) is 8.38. The van der Waals surface area contributed by atoms with E-state index in [1.54, 1.807) is 4.90 Å². The van der Waals surface area contributed by atoms with E-state index < -0.39 is 0 Å². The van der Waals surface area contributed by atoms with Crippen LogP contribution in [0.4, 0.5) is 0 Å². The monoisotopic (exact) mass is 458 g/mol. The van der Waals surface area contributed by atoms with Gasteiger partial charge in [0.1, 0.15) is 0 Å². The summed E-state index contributed by atoms with van der Waals surface area (Å²) in [6, 6.07) is 5.64. The van der Waals surface area contributed by atoms with Crippen molar-refractivity contribution >= 4 is 11.8 Å². The van der Waals surface area contributed by atoms with Crippen molar-refractivity contribution in [1.82, 2.24) is 20.4 Å². The zero-order chi connectivity index (χ0) is 23.6. The standard InChI is InChI=1S/C24H34N4O5/c1-4-31-19-10-8-9-18-15-28(16-20(29)25-13-6-5-7-14-32-23(18)19)22(30)12-11-21-26-27-24(33-21)17(2)3/h8-10,17H,4-7,11-16H2,1-3H3,(H,25,29). The number of hydrogen-bond donors (Lipinski definition) is 1. The molecule has 0 atom stereocenters. The lowest BCUT2D eigenvalue weighted by Gasteiger charge is -2.24. The fourth-order valence-electron chi connectivity index (χ4n) is 3.56. The van der Waals surface area contributed by atoms with Crippen molar-refractivity contribution in [2.45, 2.75) is 65.3 Å². The fourth-order valence-corrected chi connectivity index (χ4v) is 3.56. The average molecular weight is 459 g/mol. The molecule has 0 aliphatic carbocycles. The second kappa shape index (κ2) is 12.2. The fraction of sp³-hybridized carbons (Fsp3) is 0.583. The van der Waals surface area contributed by atoms with Crippen molar-refractivity contribution in [3.05, 3.63) is 35.5 Å². The number of amides is 2. The van der Waals surface area contributed by atoms with Crippen LogP contribution in [0.15, 0.2) is 22.6 Å². The largest absolute Gasteiger partial charge is 0.490 e. The van der Waals surface area contributed by atoms with Gasteiger partial charge in [-0.05, 0) is 32.3 Å². The van der Waals surface area contributed by atoms with Gasteiger partial charge < -0.3 is 24.1 Å². The van der Waals surface area contributed by atoms with Gasteiger partial charge >= 0.3 is 0 Å². The van der Waals surface area contributed by atoms with Crippen LogP contribution < -0.4 is 14.8 Å². The minimum atomic E-state index is -0.175. The van der Waals surface area contributed by atoms with Crippen LogP contribution in [0, 0.1) is 0 Å². The SMILES string of the molecule is CCOc1cccc2c1OCCCCCNC(=O)CN(C(=O)CCc1nnc(C(C)C)o1)C2. The van der Waals surface area contributed by atoms with Crippen LogP contribution in [-0.4, -0.2) is 53.2 Å². The molecule has 1 aromatic heterocycles. The molecule has 0 saturated carbocycles. The molecule has 33 heavy (non-hydrogen) atoms. The maximum Gasteiger partial charge on any atom is 0.239 e. The Balaban J connectivity index is 1.79. The van der Waals surface area contributed by atoms with Crippen LogP contribution in [0.25, 0.3) is 0 Å². The number of rotatable bonds is 6. The number of carbonyl (C=O) groups is 2. The highest BCUT2D eigenvalue weighted by molar-refractivity contribution is 5.84. The molecular formula is C24H34N4O5. The molecule has 2 heterocycles. The first-order valence-electron chi connectivity index (χ1n) is 11.7. The molecular weight excluding hydrogens is 424 g/mol. The lowest BCUT2D eigenvalue weighted by atomic mass is 10.1. The summed E-state index contributed by atoms with van der Waals surface area (Å²) in [5, 5.41) is 11.0. The summed E-state index contributed by atoms with van der Waals surface area (Å²) in [7, 11) is 0. The maximum atomic E-state index is 13.1. The quantitative estimate of drug-likeness (QED) is 0.708. The predicted octanol–water partition coefficient (Wildman–Crippen LogP) is 3.23. The minimum absolute atomic E-state index is 0.0296. The first kappa shape index (κ1) is 24.5. The molecule has 1 aromatic carbocycles. The normalized spacial score (nSPS) is 15.5. The number of fused-ring (bicyclic) bond motifs is 1. The lowest BCUT2D eigenvalue weighted by Crippen LogP contribution is -2.40. The first-order chi connectivity index (χ1) is 16.0. The molecule has 9 nitrogen and oxygen atoms in total. The maximum absolute atomic E-state index is 13.1. The van der Waals surface area contributed by atoms with Crippen LogP contribution in [-0.2, 0) is 22.6 Å². The Labute approximate surface area is 194 Å². The third-order valence-electron chi connectivity index (χ3n) is 5.33. The average Bonchev–Trinajstić information content (AvgIpc) is 3.27. The van der Waals surface area contributed by atoms with Crippen LogP contribution in [0.2, 0.25) is 0 Å². The van der Waals surface area contributed by atoms with Gasteiger partial charge in [0.25, 0.3) is 0 Å². The molecule has 180 valence electrons. The third kappa shape index (κ3) is 7.20. The Bertz CT molecular complexity index is 927. The van der Waals surface area contributed by atoms with Gasteiger partial charge in [0.05, 0.1) is 19.8 Å². The highest BCUT2D eigenvalue weighted by atomic mass is 16.5. The van der Waals surface area contributed by atoms with Crippen molar-refractivity contribution < 1.29 is 23.5 Å². The summed E-state index contributed by atoms with van der Waals surface area (Å²) in [5.74, 6) is 2.03. The van der Waals surface area contributed by atoms with E-state index in [2.05, 4.69) is 15.5 Å². The molecule has 1 aliphatic rings. The summed E-state index contributed by atoms with van der Waals surface area (Å²) in [4.78, 5) is 27.2. The predicted molar refractivity (Wildman–Crippen MR) is 122 cm³/mol. The number of benzene rings is 1. The zero-order valence-electron chi connectivity index (χ0n) is 19.8. The van der Waals surface area contributed by atoms with E-state index in [-0.39, 0.29) is 37.2 Å². The van der Waals surface area contributed by atoms with Gasteiger partial charge in [-0.1, -0.05) is 26.0 Å². The van der Waals surface area contributed by atoms with Gasteiger partial charge in [0, 0.05) is 37.4 Å². The molecule has 0 unspecified atom stereocenters. The molecule has 2 amide bonds. The van der Waals surface area contributed by atoms with E-state index in [9.17, 15) is 9.59 Å². The smallest absolute Gasteiger partial charge is 0.239 e. The van der Waals surface area contributed by atoms with Gasteiger partial charge in [-0.25, -0.2) is 0 Å². The number of nitrogens with zero attached hydrogens (tertiary/aromatic N) is 3. The van der Waals surface area contributed by atoms with E-state index in [0.717, 1.165) is 24.8 Å². The van der Waals surface area contributed by atoms with E-state index in [1.807, 2.05) is 39.0 Å². The lowest BCUT2D eigenvalue weighted by molar-refractivity contribution is -0.136. The molecule has 1 N–H and O–H groups in total. The van der Waals surface area contributed by atoms with Gasteiger partial charge in [-0.15, -0.1) is 10.2 Å². The Kier molecular flexibility index (Phi) is 9.09. The number of hydrogen-bond acceptors (Lipinski definition) is 7. The summed E-state index contributed by atoms with van der Waals surface area (Å²) in [6.45, 7) is 7.70. The number of para-hydroxylation sites is 1. The minimum Gasteiger partial charge on any atom is -0.490 e. The van der Waals surface area contributed by atoms with E-state index in [4.69, 9.17) is 13.9 Å². The highest BCUT2D eigenvalue weighted by Gasteiger charge is 2.22. The Morgan fingerprint density at radius 2 is 2.06 bits per heavy atom. The molecule has 9 heteroatoms. The zero-order valence-corrected chi connectivity index (χ0v) is 19.8. The molecule has 0 radical (unpaired) electrons. The number of ether oxygens (including phenoxy) is 2. The van der Waals surface area contributed by atoms with Crippen molar-refractivity contribution in [2.75, 3.05) is 26.3 Å². The molecule has 0 bridgehead atoms. The van der Waals surface area contributed by atoms with E-state index in [1.165, 1.54) is 0 Å². The number of carbonyl (C=O) groups excluding carboxylic acids is 2. The van der Waals surface area contributed by atoms with Gasteiger partial charge in [0.2, 0.25) is 23.6 Å². The van der Waals surface area contributed by atoms with Crippen molar-refractivity contribution in [2.24, 2.45) is 0 Å². The molecule has 1 aliphatic heterocycles. The first-order valence-corrected chi connectivity index (χ1v) is 11.7. The summed E-state index contributed by atoms with van der Waals surface area (Å²) in [6.07, 6.45) is 3.16. The molecule has 0 fully saturated rings. The van der Waals surface area contributed by atoms with Gasteiger partial charge in [0.15, 0.2) is 11.5 Å². The van der Waals surface area contributed by atoms with Gasteiger partial charge in [-0.2, -0.15) is 0 Å². The number of nitrogens with one attached hydrogen (secondary N) is 1. The Morgan fingerprint density at radius 1 is 1.21 bits per heavy atom. The second-order valence-corrected chi connectivity index (χ2v) is 8.38. The molecule has 0 saturated heterocycles. The number of aromatic nitrogens is 2. The summed E-state index contributed by atoms with van der Waals surface area (Å²) in [5.41, 5.74) is 0.807. The molecule has 0 spiro atoms. The molecule has 3 rings (SSSR count). The van der Waals surface area contributed by atoms with Crippen LogP contribution in [0.3, 0.4) is 0 Å². The Morgan fingerprint density at radius 3 is 2.82 bits per heavy atom. The van der Waals surface area contributed by atoms with Crippen molar-refractivity contribution in [3.8, 4) is 11.5 Å². The summed E-state index contributed by atoms with van der Waals surface area (Å²) >= 11 is 0. The number of aryl methyl sites for hydroxylation is 1. The van der Waals surface area contributed by atoms with E-state index in [0.29, 0.717) is 49.5 Å². The van der Waals surface area contributed by atoms with Crippen LogP contribution in [0.5, 0.6) is 11.5 Å². The van der Waals surface area contributed by atoms with Crippen molar-refractivity contribution in [3.63, 3.8) is 0 Å². The highest BCUT2D eigenvalue weighted by Crippen LogP contribution is 2.33. The van der Waals surface area contributed by atoms with Crippen molar-refractivity contribution in [1.29, 1.82) is 0 Å². The van der Waals surface area contributed by atoms with Crippen LogP contribution >= 0.6 is 0 Å². The topological polar surface area (TPSA) is 107 Å². The summed E-state index contributed by atoms with van der Waals surface area (Å²) < 4.78 is 17.5. The Hall–Kier alpha value is -3.10. The van der Waals surface area contributed by atoms with Gasteiger partial charge in [-0.3, -0.25) is 9.59 Å². The van der Waals surface area contributed by atoms with Crippen LogP contribution in [0.1, 0.15) is 69.7 Å². The third-order valence-corrected chi connectivity index (χ3v) is 5.33. The molecule has 2 aromatic rings.